The molecule has 1 aliphatic rings. The Bertz CT molecular complexity index is 949. The van der Waals surface area contributed by atoms with Crippen LogP contribution in [0.3, 0.4) is 0 Å². The first-order valence-corrected chi connectivity index (χ1v) is 9.15. The molecule has 7 nitrogen and oxygen atoms in total. The molecule has 0 saturated carbocycles. The van der Waals surface area contributed by atoms with Gasteiger partial charge >= 0.3 is 5.82 Å². The molecule has 0 spiro atoms. The van der Waals surface area contributed by atoms with E-state index in [1.54, 1.807) is 17.6 Å². The van der Waals surface area contributed by atoms with Gasteiger partial charge in [-0.1, -0.05) is 23.5 Å². The Morgan fingerprint density at radius 3 is 2.96 bits per heavy atom. The maximum atomic E-state index is 13.8. The summed E-state index contributed by atoms with van der Waals surface area (Å²) in [7, 11) is 0. The quantitative estimate of drug-likeness (QED) is 0.543. The van der Waals surface area contributed by atoms with Crippen LogP contribution in [0.15, 0.2) is 35.8 Å². The van der Waals surface area contributed by atoms with Crippen molar-refractivity contribution in [2.45, 2.75) is 18.3 Å². The van der Waals surface area contributed by atoms with Gasteiger partial charge in [0.25, 0.3) is 4.96 Å². The number of halogens is 1. The van der Waals surface area contributed by atoms with Gasteiger partial charge in [0.05, 0.1) is 0 Å². The van der Waals surface area contributed by atoms with Gasteiger partial charge in [-0.2, -0.15) is 9.38 Å². The largest absolute Gasteiger partial charge is 0.381 e. The average molecular weight is 376 g/mol. The Hall–Kier alpha value is -2.52. The predicted octanol–water partition coefficient (Wildman–Crippen LogP) is 3.60. The van der Waals surface area contributed by atoms with Gasteiger partial charge in [0.15, 0.2) is 0 Å². The van der Waals surface area contributed by atoms with Crippen molar-refractivity contribution in [1.29, 1.82) is 0 Å². The molecular formula is C17H17FN4O3S. The highest BCUT2D eigenvalue weighted by atomic mass is 32.1. The van der Waals surface area contributed by atoms with E-state index in [2.05, 4.69) is 10.3 Å². The zero-order valence-electron chi connectivity index (χ0n) is 13.9. The molecule has 0 bridgehead atoms. The van der Waals surface area contributed by atoms with Gasteiger partial charge in [0.2, 0.25) is 5.82 Å². The summed E-state index contributed by atoms with van der Waals surface area (Å²) in [5.41, 5.74) is 0.516. The maximum absolute atomic E-state index is 13.8. The minimum absolute atomic E-state index is 0.0808. The van der Waals surface area contributed by atoms with Crippen LogP contribution in [-0.2, 0) is 10.2 Å². The highest BCUT2D eigenvalue weighted by Gasteiger charge is 2.36. The molecule has 3 aromatic rings. The lowest BCUT2D eigenvalue weighted by Gasteiger charge is -2.38. The fourth-order valence-corrected chi connectivity index (χ4v) is 4.18. The van der Waals surface area contributed by atoms with Gasteiger partial charge < -0.3 is 20.2 Å². The Labute approximate surface area is 152 Å². The highest BCUT2D eigenvalue weighted by Crippen LogP contribution is 2.36. The number of benzene rings is 1. The Morgan fingerprint density at radius 1 is 1.42 bits per heavy atom. The van der Waals surface area contributed by atoms with E-state index in [1.165, 1.54) is 27.9 Å². The zero-order valence-corrected chi connectivity index (χ0v) is 14.7. The summed E-state index contributed by atoms with van der Waals surface area (Å²) in [6.07, 6.45) is 3.05. The summed E-state index contributed by atoms with van der Waals surface area (Å²) in [6.45, 7) is 1.56. The van der Waals surface area contributed by atoms with Crippen molar-refractivity contribution in [2.75, 3.05) is 25.1 Å². The molecule has 1 fully saturated rings. The van der Waals surface area contributed by atoms with E-state index >= 15 is 0 Å². The molecule has 2 aromatic heterocycles. The van der Waals surface area contributed by atoms with Crippen LogP contribution >= 0.6 is 11.3 Å². The predicted molar refractivity (Wildman–Crippen MR) is 96.3 cm³/mol. The number of rotatable bonds is 5. The van der Waals surface area contributed by atoms with Crippen molar-refractivity contribution in [1.82, 2.24) is 9.38 Å². The Balaban J connectivity index is 1.66. The summed E-state index contributed by atoms with van der Waals surface area (Å²) >= 11 is 1.34. The van der Waals surface area contributed by atoms with Crippen molar-refractivity contribution < 1.29 is 14.1 Å². The van der Waals surface area contributed by atoms with E-state index in [1.807, 2.05) is 6.07 Å². The molecule has 1 aromatic carbocycles. The zero-order chi connectivity index (χ0) is 18.1. The fourth-order valence-electron chi connectivity index (χ4n) is 3.47. The number of thiazole rings is 1. The van der Waals surface area contributed by atoms with Crippen molar-refractivity contribution in [3.8, 4) is 0 Å². The van der Waals surface area contributed by atoms with Crippen LogP contribution in [-0.4, -0.2) is 34.1 Å². The van der Waals surface area contributed by atoms with Gasteiger partial charge in [0.1, 0.15) is 12.0 Å². The standard InChI is InChI=1S/C17H17FN4O3S/c18-13-3-1-2-12(10-13)17(4-7-25-8-5-17)11-19-14-15(22(23)24)21-6-9-26-16(21)20-14/h1-3,6,9-10,19H,4-5,7-8,11H2. The average Bonchev–Trinajstić information content (AvgIpc) is 3.21. The molecule has 0 amide bonds. The third kappa shape index (κ3) is 2.93. The third-order valence-corrected chi connectivity index (χ3v) is 5.65. The first-order chi connectivity index (χ1) is 12.6. The normalized spacial score (nSPS) is 16.7. The monoisotopic (exact) mass is 376 g/mol. The molecule has 0 unspecified atom stereocenters. The molecule has 26 heavy (non-hydrogen) atoms. The summed E-state index contributed by atoms with van der Waals surface area (Å²) < 4.78 is 20.7. The Morgan fingerprint density at radius 2 is 2.23 bits per heavy atom. The lowest BCUT2D eigenvalue weighted by molar-refractivity contribution is -0.389. The molecule has 1 aliphatic heterocycles. The fraction of sp³-hybridized carbons (Fsp3) is 0.353. The molecule has 1 N–H and O–H groups in total. The first-order valence-electron chi connectivity index (χ1n) is 8.27. The second kappa shape index (κ2) is 6.65. The summed E-state index contributed by atoms with van der Waals surface area (Å²) in [5, 5.41) is 16.4. The van der Waals surface area contributed by atoms with E-state index in [4.69, 9.17) is 4.74 Å². The minimum Gasteiger partial charge on any atom is -0.381 e. The molecule has 0 aliphatic carbocycles. The summed E-state index contributed by atoms with van der Waals surface area (Å²) in [6, 6.07) is 6.54. The minimum atomic E-state index is -0.437. The van der Waals surface area contributed by atoms with E-state index in [0.29, 0.717) is 37.6 Å². The second-order valence-corrected chi connectivity index (χ2v) is 7.23. The van der Waals surface area contributed by atoms with Crippen molar-refractivity contribution in [3.05, 3.63) is 57.3 Å². The molecule has 136 valence electrons. The van der Waals surface area contributed by atoms with Gasteiger partial charge in [-0.15, -0.1) is 0 Å². The smallest absolute Gasteiger partial charge is 0.372 e. The molecule has 0 radical (unpaired) electrons. The molecule has 4 rings (SSSR count). The summed E-state index contributed by atoms with van der Waals surface area (Å²) in [5.74, 6) is -0.131. The number of aromatic nitrogens is 2. The van der Waals surface area contributed by atoms with Crippen LogP contribution in [0.2, 0.25) is 0 Å². The van der Waals surface area contributed by atoms with Crippen LogP contribution in [0.1, 0.15) is 18.4 Å². The number of anilines is 1. The first kappa shape index (κ1) is 16.9. The number of nitrogens with one attached hydrogen (secondary N) is 1. The molecule has 3 heterocycles. The lowest BCUT2D eigenvalue weighted by Crippen LogP contribution is -2.40. The van der Waals surface area contributed by atoms with Gasteiger partial charge in [-0.25, -0.2) is 4.39 Å². The Kier molecular flexibility index (Phi) is 4.33. The number of imidazole rings is 1. The number of nitro groups is 1. The summed E-state index contributed by atoms with van der Waals surface area (Å²) in [4.78, 5) is 15.9. The van der Waals surface area contributed by atoms with Gasteiger partial charge in [0, 0.05) is 30.6 Å². The SMILES string of the molecule is O=[N+]([O-])c1c(NCC2(c3cccc(F)c3)CCOCC2)nc2sccn12. The number of fused-ring (bicyclic) bond motifs is 1. The van der Waals surface area contributed by atoms with E-state index in [0.717, 1.165) is 5.56 Å². The van der Waals surface area contributed by atoms with E-state index in [9.17, 15) is 14.5 Å². The van der Waals surface area contributed by atoms with E-state index in [-0.39, 0.29) is 22.9 Å². The van der Waals surface area contributed by atoms with Crippen molar-refractivity contribution >= 4 is 27.9 Å². The number of hydrogen-bond donors (Lipinski definition) is 1. The second-order valence-electron chi connectivity index (χ2n) is 6.35. The van der Waals surface area contributed by atoms with Gasteiger partial charge in [-0.3, -0.25) is 0 Å². The topological polar surface area (TPSA) is 81.7 Å². The molecule has 9 heteroatoms. The van der Waals surface area contributed by atoms with Crippen LogP contribution < -0.4 is 5.32 Å². The molecule has 1 saturated heterocycles. The van der Waals surface area contributed by atoms with Gasteiger partial charge in [-0.05, 0) is 35.5 Å². The molecule has 0 atom stereocenters. The lowest BCUT2D eigenvalue weighted by atomic mass is 9.74. The van der Waals surface area contributed by atoms with Crippen LogP contribution in [0.4, 0.5) is 16.0 Å². The van der Waals surface area contributed by atoms with Crippen molar-refractivity contribution in [2.24, 2.45) is 0 Å². The van der Waals surface area contributed by atoms with Crippen LogP contribution in [0, 0.1) is 15.9 Å². The highest BCUT2D eigenvalue weighted by molar-refractivity contribution is 7.15. The number of hydrogen-bond acceptors (Lipinski definition) is 6. The number of nitrogens with zero attached hydrogens (tertiary/aromatic N) is 3. The van der Waals surface area contributed by atoms with Crippen LogP contribution in [0.5, 0.6) is 0 Å². The maximum Gasteiger partial charge on any atom is 0.372 e. The van der Waals surface area contributed by atoms with E-state index < -0.39 is 4.92 Å². The third-order valence-electron chi connectivity index (χ3n) is 4.89. The van der Waals surface area contributed by atoms with Crippen LogP contribution in [0.25, 0.3) is 4.96 Å². The number of ether oxygens (including phenoxy) is 1. The van der Waals surface area contributed by atoms with Crippen molar-refractivity contribution in [3.63, 3.8) is 0 Å². The molecular weight excluding hydrogens is 359 g/mol.